The van der Waals surface area contributed by atoms with E-state index in [2.05, 4.69) is 0 Å². The molecular weight excluding hydrogens is 370 g/mol. The normalized spacial score (nSPS) is 19.9. The van der Waals surface area contributed by atoms with Gasteiger partial charge in [0.1, 0.15) is 6.61 Å². The molecule has 7 heteroatoms. The molecule has 0 saturated carbocycles. The van der Waals surface area contributed by atoms with E-state index in [1.165, 1.54) is 6.20 Å². The minimum atomic E-state index is -1.81. The molecule has 0 fully saturated rings. The third-order valence-electron chi connectivity index (χ3n) is 5.82. The number of fused-ring (bicyclic) bond motifs is 5. The monoisotopic (exact) mass is 389 g/mol. The van der Waals surface area contributed by atoms with Crippen LogP contribution in [0.4, 0.5) is 0 Å². The summed E-state index contributed by atoms with van der Waals surface area (Å²) in [6.45, 7) is 1.94. The standard InChI is InChI=1S/C22H19N3O4/c1-2-22(28)16-9-18-19-14(10-25(18)20(26)15(16)11-29-21(22)27)8-13-7-12(5-6-23)3-4-17(13)24-19/h3-9,28H,2,10-11,23H2,1H3/b6-5+/t22-/m0/s1. The summed E-state index contributed by atoms with van der Waals surface area (Å²) in [7, 11) is 0. The SMILES string of the molecule is CC[C@@]1(O)C(=O)OCc2c1cc1n(c2=O)Cc2cc3cc(/C=C/N)ccc3nc2-1. The molecule has 146 valence electrons. The predicted molar refractivity (Wildman–Crippen MR) is 108 cm³/mol. The summed E-state index contributed by atoms with van der Waals surface area (Å²) in [5, 5.41) is 11.8. The van der Waals surface area contributed by atoms with E-state index in [1.54, 1.807) is 17.6 Å². The highest BCUT2D eigenvalue weighted by atomic mass is 16.6. The Morgan fingerprint density at radius 3 is 2.90 bits per heavy atom. The van der Waals surface area contributed by atoms with Gasteiger partial charge < -0.3 is 20.1 Å². The Bertz CT molecular complexity index is 1290. The number of ether oxygens (including phenoxy) is 1. The maximum absolute atomic E-state index is 13.1. The molecule has 1 aromatic carbocycles. The third kappa shape index (κ3) is 2.37. The lowest BCUT2D eigenvalue weighted by atomic mass is 9.86. The largest absolute Gasteiger partial charge is 0.458 e. The van der Waals surface area contributed by atoms with Crippen molar-refractivity contribution in [3.8, 4) is 11.4 Å². The number of aliphatic hydroxyl groups is 1. The second kappa shape index (κ2) is 6.02. The molecule has 0 aliphatic carbocycles. The first-order valence-corrected chi connectivity index (χ1v) is 9.45. The number of carbonyl (C=O) groups is 1. The van der Waals surface area contributed by atoms with Gasteiger partial charge in [0.25, 0.3) is 5.56 Å². The quantitative estimate of drug-likeness (QED) is 0.508. The summed E-state index contributed by atoms with van der Waals surface area (Å²) < 4.78 is 6.72. The number of aromatic nitrogens is 2. The number of rotatable bonds is 2. The maximum Gasteiger partial charge on any atom is 0.343 e. The van der Waals surface area contributed by atoms with Crippen LogP contribution in [0, 0.1) is 0 Å². The Hall–Kier alpha value is -3.45. The fourth-order valence-corrected chi connectivity index (χ4v) is 4.22. The van der Waals surface area contributed by atoms with Crippen LogP contribution in [0.3, 0.4) is 0 Å². The van der Waals surface area contributed by atoms with Crippen LogP contribution in [0.5, 0.6) is 0 Å². The summed E-state index contributed by atoms with van der Waals surface area (Å²) in [5.41, 5.74) is 8.03. The third-order valence-corrected chi connectivity index (χ3v) is 5.82. The number of benzene rings is 1. The smallest absolute Gasteiger partial charge is 0.343 e. The lowest BCUT2D eigenvalue weighted by molar-refractivity contribution is -0.172. The van der Waals surface area contributed by atoms with Gasteiger partial charge in [0, 0.05) is 16.5 Å². The predicted octanol–water partition coefficient (Wildman–Crippen LogP) is 2.01. The van der Waals surface area contributed by atoms with E-state index in [0.29, 0.717) is 29.1 Å². The molecule has 2 aliphatic heterocycles. The number of nitrogens with zero attached hydrogens (tertiary/aromatic N) is 2. The van der Waals surface area contributed by atoms with Crippen molar-refractivity contribution in [2.45, 2.75) is 32.1 Å². The summed E-state index contributed by atoms with van der Waals surface area (Å²) in [4.78, 5) is 30.1. The van der Waals surface area contributed by atoms with Gasteiger partial charge in [-0.25, -0.2) is 9.78 Å². The van der Waals surface area contributed by atoms with Crippen molar-refractivity contribution in [1.29, 1.82) is 0 Å². The molecule has 7 nitrogen and oxygen atoms in total. The van der Waals surface area contributed by atoms with Crippen LogP contribution in [0.1, 0.15) is 35.6 Å². The van der Waals surface area contributed by atoms with Crippen LogP contribution < -0.4 is 11.3 Å². The molecule has 3 aromatic rings. The van der Waals surface area contributed by atoms with Crippen LogP contribution in [-0.2, 0) is 28.3 Å². The van der Waals surface area contributed by atoms with E-state index >= 15 is 0 Å². The number of cyclic esters (lactones) is 1. The van der Waals surface area contributed by atoms with Gasteiger partial charge in [-0.1, -0.05) is 13.0 Å². The van der Waals surface area contributed by atoms with Gasteiger partial charge in [-0.3, -0.25) is 4.79 Å². The molecule has 5 rings (SSSR count). The number of nitrogens with two attached hydrogens (primary N) is 1. The maximum atomic E-state index is 13.1. The first-order valence-electron chi connectivity index (χ1n) is 9.45. The lowest BCUT2D eigenvalue weighted by Gasteiger charge is -2.31. The lowest BCUT2D eigenvalue weighted by Crippen LogP contribution is -2.44. The van der Waals surface area contributed by atoms with Crippen molar-refractivity contribution in [3.63, 3.8) is 0 Å². The van der Waals surface area contributed by atoms with E-state index in [4.69, 9.17) is 15.5 Å². The second-order valence-electron chi connectivity index (χ2n) is 7.41. The van der Waals surface area contributed by atoms with Crippen molar-refractivity contribution in [2.75, 3.05) is 0 Å². The van der Waals surface area contributed by atoms with Crippen molar-refractivity contribution in [3.05, 3.63) is 69.1 Å². The van der Waals surface area contributed by atoms with Gasteiger partial charge in [-0.05, 0) is 48.5 Å². The zero-order valence-electron chi connectivity index (χ0n) is 15.8. The molecule has 3 N–H and O–H groups in total. The second-order valence-corrected chi connectivity index (χ2v) is 7.41. The van der Waals surface area contributed by atoms with E-state index in [9.17, 15) is 14.7 Å². The van der Waals surface area contributed by atoms with Gasteiger partial charge in [0.05, 0.1) is 29.0 Å². The van der Waals surface area contributed by atoms with Gasteiger partial charge in [0.15, 0.2) is 5.60 Å². The topological polar surface area (TPSA) is 107 Å². The molecule has 2 aliphatic rings. The van der Waals surface area contributed by atoms with Gasteiger partial charge in [-0.15, -0.1) is 0 Å². The molecule has 0 spiro atoms. The average Bonchev–Trinajstić information content (AvgIpc) is 3.07. The molecule has 4 heterocycles. The van der Waals surface area contributed by atoms with E-state index in [-0.39, 0.29) is 18.6 Å². The minimum Gasteiger partial charge on any atom is -0.458 e. The van der Waals surface area contributed by atoms with Crippen molar-refractivity contribution < 1.29 is 14.6 Å². The molecule has 2 aromatic heterocycles. The van der Waals surface area contributed by atoms with Crippen LogP contribution in [-0.4, -0.2) is 20.6 Å². The number of esters is 1. The highest BCUT2D eigenvalue weighted by molar-refractivity contribution is 5.87. The Morgan fingerprint density at radius 2 is 2.14 bits per heavy atom. The molecular formula is C22H19N3O4. The van der Waals surface area contributed by atoms with Crippen LogP contribution in [0.15, 0.2) is 41.3 Å². The first kappa shape index (κ1) is 17.6. The molecule has 0 radical (unpaired) electrons. The van der Waals surface area contributed by atoms with E-state index < -0.39 is 11.6 Å². The number of hydrogen-bond acceptors (Lipinski definition) is 6. The summed E-state index contributed by atoms with van der Waals surface area (Å²) in [5.74, 6) is -0.720. The minimum absolute atomic E-state index is 0.122. The average molecular weight is 389 g/mol. The van der Waals surface area contributed by atoms with E-state index in [1.807, 2.05) is 30.3 Å². The Kier molecular flexibility index (Phi) is 3.66. The van der Waals surface area contributed by atoms with Gasteiger partial charge in [-0.2, -0.15) is 0 Å². The first-order chi connectivity index (χ1) is 14.0. The van der Waals surface area contributed by atoms with Crippen molar-refractivity contribution in [2.24, 2.45) is 5.73 Å². The van der Waals surface area contributed by atoms with Crippen LogP contribution in [0.2, 0.25) is 0 Å². The highest BCUT2D eigenvalue weighted by Gasteiger charge is 2.45. The summed E-state index contributed by atoms with van der Waals surface area (Å²) in [6, 6.07) is 9.56. The summed E-state index contributed by atoms with van der Waals surface area (Å²) >= 11 is 0. The van der Waals surface area contributed by atoms with Gasteiger partial charge in [0.2, 0.25) is 0 Å². The zero-order valence-corrected chi connectivity index (χ0v) is 15.8. The van der Waals surface area contributed by atoms with Crippen molar-refractivity contribution in [1.82, 2.24) is 9.55 Å². The molecule has 1 atom stereocenters. The number of carbonyl (C=O) groups excluding carboxylic acids is 1. The fraction of sp³-hybridized carbons (Fsp3) is 0.227. The summed E-state index contributed by atoms with van der Waals surface area (Å²) in [6.07, 6.45) is 3.42. The molecule has 0 amide bonds. The molecule has 0 bridgehead atoms. The fourth-order valence-electron chi connectivity index (χ4n) is 4.22. The molecule has 0 saturated heterocycles. The Morgan fingerprint density at radius 1 is 1.31 bits per heavy atom. The number of pyridine rings is 2. The molecule has 29 heavy (non-hydrogen) atoms. The van der Waals surface area contributed by atoms with Crippen molar-refractivity contribution >= 4 is 22.9 Å². The van der Waals surface area contributed by atoms with Crippen LogP contribution >= 0.6 is 0 Å². The van der Waals surface area contributed by atoms with E-state index in [0.717, 1.165) is 22.0 Å². The number of hydrogen-bond donors (Lipinski definition) is 2. The molecule has 0 unspecified atom stereocenters. The Balaban J connectivity index is 1.74. The Labute approximate surface area is 166 Å². The highest BCUT2D eigenvalue weighted by Crippen LogP contribution is 2.38. The van der Waals surface area contributed by atoms with Crippen LogP contribution in [0.25, 0.3) is 28.4 Å². The zero-order chi connectivity index (χ0) is 20.3. The van der Waals surface area contributed by atoms with Gasteiger partial charge >= 0.3 is 5.97 Å².